The summed E-state index contributed by atoms with van der Waals surface area (Å²) < 4.78 is 10.8. The molecule has 1 N–H and O–H groups in total. The lowest BCUT2D eigenvalue weighted by molar-refractivity contribution is -0.0447. The number of nitrogens with zero attached hydrogens (tertiary/aromatic N) is 2. The SMILES string of the molecule is CN=C(NC1CC1C)N1CCOC(COC)C1. The Morgan fingerprint density at radius 2 is 2.35 bits per heavy atom. The number of aliphatic imine (C=N–C) groups is 1. The monoisotopic (exact) mass is 241 g/mol. The van der Waals surface area contributed by atoms with Gasteiger partial charge < -0.3 is 19.7 Å². The molecular formula is C12H23N3O2. The summed E-state index contributed by atoms with van der Waals surface area (Å²) >= 11 is 0. The number of hydrogen-bond acceptors (Lipinski definition) is 3. The summed E-state index contributed by atoms with van der Waals surface area (Å²) in [6.45, 7) is 5.41. The average molecular weight is 241 g/mol. The van der Waals surface area contributed by atoms with Crippen LogP contribution in [0.1, 0.15) is 13.3 Å². The minimum absolute atomic E-state index is 0.156. The number of methoxy groups -OCH3 is 1. The maximum Gasteiger partial charge on any atom is 0.194 e. The highest BCUT2D eigenvalue weighted by molar-refractivity contribution is 5.80. The summed E-state index contributed by atoms with van der Waals surface area (Å²) in [5.41, 5.74) is 0. The molecule has 3 atom stereocenters. The van der Waals surface area contributed by atoms with Gasteiger partial charge >= 0.3 is 0 Å². The molecule has 1 saturated heterocycles. The third kappa shape index (κ3) is 3.33. The van der Waals surface area contributed by atoms with Crippen LogP contribution in [0, 0.1) is 5.92 Å². The first-order valence-corrected chi connectivity index (χ1v) is 6.33. The fourth-order valence-electron chi connectivity index (χ4n) is 2.18. The average Bonchev–Trinajstić information content (AvgIpc) is 3.03. The van der Waals surface area contributed by atoms with E-state index in [0.717, 1.165) is 31.6 Å². The molecule has 1 aliphatic carbocycles. The minimum Gasteiger partial charge on any atom is -0.382 e. The third-order valence-electron chi connectivity index (χ3n) is 3.43. The van der Waals surface area contributed by atoms with Crippen molar-refractivity contribution >= 4 is 5.96 Å². The molecule has 0 amide bonds. The second-order valence-electron chi connectivity index (χ2n) is 4.91. The van der Waals surface area contributed by atoms with Crippen LogP contribution in [0.25, 0.3) is 0 Å². The summed E-state index contributed by atoms with van der Waals surface area (Å²) in [7, 11) is 3.55. The van der Waals surface area contributed by atoms with Crippen LogP contribution in [0.5, 0.6) is 0 Å². The van der Waals surface area contributed by atoms with E-state index in [1.807, 2.05) is 7.05 Å². The van der Waals surface area contributed by atoms with Crippen LogP contribution in [0.4, 0.5) is 0 Å². The van der Waals surface area contributed by atoms with Crippen LogP contribution in [-0.4, -0.2) is 63.5 Å². The van der Waals surface area contributed by atoms with Crippen molar-refractivity contribution in [1.29, 1.82) is 0 Å². The van der Waals surface area contributed by atoms with Crippen LogP contribution >= 0.6 is 0 Å². The van der Waals surface area contributed by atoms with E-state index in [4.69, 9.17) is 9.47 Å². The molecule has 1 saturated carbocycles. The van der Waals surface area contributed by atoms with Crippen molar-refractivity contribution in [3.8, 4) is 0 Å². The molecule has 2 aliphatic rings. The van der Waals surface area contributed by atoms with Crippen molar-refractivity contribution in [2.24, 2.45) is 10.9 Å². The molecule has 0 aromatic carbocycles. The summed E-state index contributed by atoms with van der Waals surface area (Å²) in [6, 6.07) is 0.609. The van der Waals surface area contributed by atoms with Crippen molar-refractivity contribution in [3.63, 3.8) is 0 Å². The van der Waals surface area contributed by atoms with Gasteiger partial charge in [0, 0.05) is 33.3 Å². The van der Waals surface area contributed by atoms with E-state index in [1.54, 1.807) is 7.11 Å². The summed E-state index contributed by atoms with van der Waals surface area (Å²) in [6.07, 6.45) is 1.41. The fourth-order valence-corrected chi connectivity index (χ4v) is 2.18. The molecular weight excluding hydrogens is 218 g/mol. The van der Waals surface area contributed by atoms with E-state index in [2.05, 4.69) is 22.1 Å². The first-order chi connectivity index (χ1) is 8.24. The van der Waals surface area contributed by atoms with Crippen LogP contribution in [-0.2, 0) is 9.47 Å². The van der Waals surface area contributed by atoms with Crippen LogP contribution in [0.2, 0.25) is 0 Å². The maximum absolute atomic E-state index is 5.64. The first kappa shape index (κ1) is 12.6. The Morgan fingerprint density at radius 1 is 1.59 bits per heavy atom. The smallest absolute Gasteiger partial charge is 0.194 e. The van der Waals surface area contributed by atoms with Crippen molar-refractivity contribution in [2.75, 3.05) is 40.5 Å². The zero-order valence-corrected chi connectivity index (χ0v) is 11.0. The van der Waals surface area contributed by atoms with Gasteiger partial charge in [-0.2, -0.15) is 0 Å². The summed E-state index contributed by atoms with van der Waals surface area (Å²) in [5.74, 6) is 1.78. The molecule has 98 valence electrons. The van der Waals surface area contributed by atoms with Gasteiger partial charge in [-0.05, 0) is 12.3 Å². The largest absolute Gasteiger partial charge is 0.382 e. The van der Waals surface area contributed by atoms with Crippen molar-refractivity contribution in [1.82, 2.24) is 10.2 Å². The Hall–Kier alpha value is -0.810. The highest BCUT2D eigenvalue weighted by Gasteiger charge is 2.34. The molecule has 0 aromatic heterocycles. The molecule has 0 spiro atoms. The summed E-state index contributed by atoms with van der Waals surface area (Å²) in [5, 5.41) is 3.50. The molecule has 0 bridgehead atoms. The van der Waals surface area contributed by atoms with E-state index in [0.29, 0.717) is 12.6 Å². The van der Waals surface area contributed by atoms with Gasteiger partial charge in [-0.1, -0.05) is 6.92 Å². The number of guanidine groups is 1. The first-order valence-electron chi connectivity index (χ1n) is 6.33. The second-order valence-corrected chi connectivity index (χ2v) is 4.91. The molecule has 2 fully saturated rings. The van der Waals surface area contributed by atoms with Crippen LogP contribution in [0.15, 0.2) is 4.99 Å². The molecule has 3 unspecified atom stereocenters. The third-order valence-corrected chi connectivity index (χ3v) is 3.43. The van der Waals surface area contributed by atoms with Gasteiger partial charge in [0.25, 0.3) is 0 Å². The number of rotatable bonds is 3. The standard InChI is InChI=1S/C12H23N3O2/c1-9-6-11(9)14-12(13-2)15-4-5-17-10(7-15)8-16-3/h9-11H,4-8H2,1-3H3,(H,13,14). The fraction of sp³-hybridized carbons (Fsp3) is 0.917. The quantitative estimate of drug-likeness (QED) is 0.571. The van der Waals surface area contributed by atoms with Gasteiger partial charge in [0.2, 0.25) is 0 Å². The molecule has 0 aromatic rings. The molecule has 1 aliphatic heterocycles. The molecule has 2 rings (SSSR count). The van der Waals surface area contributed by atoms with E-state index < -0.39 is 0 Å². The highest BCUT2D eigenvalue weighted by atomic mass is 16.5. The number of nitrogens with one attached hydrogen (secondary N) is 1. The lowest BCUT2D eigenvalue weighted by atomic mass is 10.3. The number of hydrogen-bond donors (Lipinski definition) is 1. The van der Waals surface area contributed by atoms with E-state index in [9.17, 15) is 0 Å². The number of ether oxygens (including phenoxy) is 2. The molecule has 17 heavy (non-hydrogen) atoms. The number of morpholine rings is 1. The molecule has 5 heteroatoms. The predicted molar refractivity (Wildman–Crippen MR) is 67.3 cm³/mol. The normalized spacial score (nSPS) is 33.7. The highest BCUT2D eigenvalue weighted by Crippen LogP contribution is 2.29. The van der Waals surface area contributed by atoms with Gasteiger partial charge in [-0.25, -0.2) is 0 Å². The molecule has 0 radical (unpaired) electrons. The predicted octanol–water partition coefficient (Wildman–Crippen LogP) is 0.317. The van der Waals surface area contributed by atoms with Gasteiger partial charge in [-0.3, -0.25) is 4.99 Å². The van der Waals surface area contributed by atoms with Gasteiger partial charge in [0.05, 0.1) is 19.3 Å². The van der Waals surface area contributed by atoms with E-state index in [1.165, 1.54) is 6.42 Å². The zero-order chi connectivity index (χ0) is 12.3. The minimum atomic E-state index is 0.156. The van der Waals surface area contributed by atoms with Gasteiger partial charge in [0.1, 0.15) is 0 Å². The summed E-state index contributed by atoms with van der Waals surface area (Å²) in [4.78, 5) is 6.62. The molecule has 1 heterocycles. The Balaban J connectivity index is 1.85. The maximum atomic E-state index is 5.64. The Morgan fingerprint density at radius 3 is 2.94 bits per heavy atom. The van der Waals surface area contributed by atoms with Crippen molar-refractivity contribution in [3.05, 3.63) is 0 Å². The van der Waals surface area contributed by atoms with E-state index >= 15 is 0 Å². The lowest BCUT2D eigenvalue weighted by Gasteiger charge is -2.34. The molecule has 5 nitrogen and oxygen atoms in total. The topological polar surface area (TPSA) is 46.1 Å². The van der Waals surface area contributed by atoms with Crippen LogP contribution < -0.4 is 5.32 Å². The lowest BCUT2D eigenvalue weighted by Crippen LogP contribution is -2.52. The Bertz CT molecular complexity index is 281. The Kier molecular flexibility index (Phi) is 4.23. The van der Waals surface area contributed by atoms with E-state index in [-0.39, 0.29) is 6.10 Å². The van der Waals surface area contributed by atoms with Crippen molar-refractivity contribution < 1.29 is 9.47 Å². The van der Waals surface area contributed by atoms with Crippen molar-refractivity contribution in [2.45, 2.75) is 25.5 Å². The Labute approximate surface area is 103 Å². The van der Waals surface area contributed by atoms with Gasteiger partial charge in [0.15, 0.2) is 5.96 Å². The van der Waals surface area contributed by atoms with Crippen LogP contribution in [0.3, 0.4) is 0 Å². The zero-order valence-electron chi connectivity index (χ0n) is 11.0. The second kappa shape index (κ2) is 5.69. The van der Waals surface area contributed by atoms with Gasteiger partial charge in [-0.15, -0.1) is 0 Å².